The fourth-order valence-corrected chi connectivity index (χ4v) is 2.66. The van der Waals surface area contributed by atoms with Crippen molar-refractivity contribution in [2.75, 3.05) is 11.9 Å². The van der Waals surface area contributed by atoms with Gasteiger partial charge in [-0.3, -0.25) is 0 Å². The number of aryl methyl sites for hydroxylation is 1. The Labute approximate surface area is 118 Å². The molecule has 0 fully saturated rings. The summed E-state index contributed by atoms with van der Waals surface area (Å²) >= 11 is 6.20. The summed E-state index contributed by atoms with van der Waals surface area (Å²) in [6.07, 6.45) is 1.13. The van der Waals surface area contributed by atoms with E-state index in [-0.39, 0.29) is 6.10 Å². The first kappa shape index (κ1) is 12.4. The van der Waals surface area contributed by atoms with E-state index in [0.717, 1.165) is 29.4 Å². The molecule has 2 aromatic carbocycles. The van der Waals surface area contributed by atoms with Gasteiger partial charge in [-0.2, -0.15) is 0 Å². The molecule has 2 nitrogen and oxygen atoms in total. The molecule has 1 unspecified atom stereocenters. The summed E-state index contributed by atoms with van der Waals surface area (Å²) in [5, 5.41) is 4.12. The molecule has 1 aliphatic heterocycles. The molecule has 0 radical (unpaired) electrons. The van der Waals surface area contributed by atoms with Gasteiger partial charge in [-0.05, 0) is 36.2 Å². The van der Waals surface area contributed by atoms with E-state index >= 15 is 0 Å². The number of para-hydroxylation sites is 1. The second kappa shape index (κ2) is 5.14. The Hall–Kier alpha value is -1.67. The zero-order valence-electron chi connectivity index (χ0n) is 10.8. The lowest BCUT2D eigenvalue weighted by Gasteiger charge is -2.14. The van der Waals surface area contributed by atoms with Crippen LogP contribution in [0, 0.1) is 6.92 Å². The van der Waals surface area contributed by atoms with Gasteiger partial charge in [0.25, 0.3) is 0 Å². The highest BCUT2D eigenvalue weighted by molar-refractivity contribution is 6.33. The van der Waals surface area contributed by atoms with E-state index in [4.69, 9.17) is 16.3 Å². The van der Waals surface area contributed by atoms with Crippen molar-refractivity contribution in [3.8, 4) is 5.75 Å². The molecule has 0 amide bonds. The maximum Gasteiger partial charge on any atom is 0.123 e. The summed E-state index contributed by atoms with van der Waals surface area (Å²) in [4.78, 5) is 0. The Balaban J connectivity index is 1.63. The molecule has 0 bridgehead atoms. The van der Waals surface area contributed by atoms with Crippen molar-refractivity contribution < 1.29 is 4.74 Å². The zero-order chi connectivity index (χ0) is 13.2. The number of rotatable bonds is 3. The molecule has 3 rings (SSSR count). The normalized spacial score (nSPS) is 16.8. The quantitative estimate of drug-likeness (QED) is 0.910. The molecule has 2 aromatic rings. The van der Waals surface area contributed by atoms with Crippen LogP contribution in [-0.4, -0.2) is 12.6 Å². The predicted molar refractivity (Wildman–Crippen MR) is 79.2 cm³/mol. The fourth-order valence-electron chi connectivity index (χ4n) is 2.36. The van der Waals surface area contributed by atoms with Crippen LogP contribution in [0.25, 0.3) is 0 Å². The van der Waals surface area contributed by atoms with Gasteiger partial charge in [0.05, 0.1) is 17.3 Å². The highest BCUT2D eigenvalue weighted by Gasteiger charge is 2.21. The topological polar surface area (TPSA) is 21.3 Å². The largest absolute Gasteiger partial charge is 0.488 e. The number of nitrogens with one attached hydrogen (secondary N) is 1. The summed E-state index contributed by atoms with van der Waals surface area (Å²) in [7, 11) is 0. The lowest BCUT2D eigenvalue weighted by atomic mass is 10.1. The molecule has 0 saturated heterocycles. The third-order valence-corrected chi connectivity index (χ3v) is 3.67. The molecule has 1 atom stereocenters. The van der Waals surface area contributed by atoms with E-state index in [1.807, 2.05) is 31.2 Å². The van der Waals surface area contributed by atoms with Gasteiger partial charge in [-0.15, -0.1) is 0 Å². The van der Waals surface area contributed by atoms with Crippen LogP contribution in [-0.2, 0) is 6.42 Å². The molecular weight excluding hydrogens is 258 g/mol. The molecule has 1 N–H and O–H groups in total. The number of hydrogen-bond acceptors (Lipinski definition) is 2. The molecule has 98 valence electrons. The Morgan fingerprint density at radius 1 is 1.26 bits per heavy atom. The summed E-state index contributed by atoms with van der Waals surface area (Å²) < 4.78 is 5.89. The van der Waals surface area contributed by atoms with Crippen molar-refractivity contribution >= 4 is 17.3 Å². The highest BCUT2D eigenvalue weighted by atomic mass is 35.5. The van der Waals surface area contributed by atoms with Gasteiger partial charge >= 0.3 is 0 Å². The Morgan fingerprint density at radius 3 is 2.89 bits per heavy atom. The first-order valence-electron chi connectivity index (χ1n) is 6.47. The summed E-state index contributed by atoms with van der Waals surface area (Å²) in [6.45, 7) is 2.80. The summed E-state index contributed by atoms with van der Waals surface area (Å²) in [5.74, 6) is 1.00. The Morgan fingerprint density at radius 2 is 2.11 bits per heavy atom. The van der Waals surface area contributed by atoms with E-state index in [0.29, 0.717) is 0 Å². The molecular formula is C16H16ClNO. The Bertz CT molecular complexity index is 572. The van der Waals surface area contributed by atoms with Gasteiger partial charge in [0.15, 0.2) is 0 Å². The number of ether oxygens (including phenoxy) is 1. The van der Waals surface area contributed by atoms with Crippen LogP contribution in [0.3, 0.4) is 0 Å². The van der Waals surface area contributed by atoms with E-state index in [2.05, 4.69) is 23.5 Å². The smallest absolute Gasteiger partial charge is 0.123 e. The predicted octanol–water partition coefficient (Wildman–Crippen LogP) is 4.06. The van der Waals surface area contributed by atoms with Crippen molar-refractivity contribution in [3.05, 3.63) is 58.6 Å². The average Bonchev–Trinajstić information content (AvgIpc) is 2.80. The molecule has 19 heavy (non-hydrogen) atoms. The monoisotopic (exact) mass is 273 g/mol. The van der Waals surface area contributed by atoms with Crippen molar-refractivity contribution in [2.45, 2.75) is 19.4 Å². The zero-order valence-corrected chi connectivity index (χ0v) is 11.6. The van der Waals surface area contributed by atoms with Crippen molar-refractivity contribution in [1.82, 2.24) is 0 Å². The molecule has 0 spiro atoms. The molecule has 3 heteroatoms. The maximum atomic E-state index is 6.20. The second-order valence-corrected chi connectivity index (χ2v) is 5.32. The van der Waals surface area contributed by atoms with Crippen LogP contribution in [0.2, 0.25) is 5.02 Å². The SMILES string of the molecule is Cc1ccc(NCC2Cc3ccccc3O2)c(Cl)c1. The summed E-state index contributed by atoms with van der Waals surface area (Å²) in [6, 6.07) is 14.2. The average molecular weight is 274 g/mol. The first-order chi connectivity index (χ1) is 9.22. The third-order valence-electron chi connectivity index (χ3n) is 3.36. The molecule has 0 aromatic heterocycles. The van der Waals surface area contributed by atoms with Gasteiger partial charge in [0, 0.05) is 6.42 Å². The molecule has 1 aliphatic rings. The lowest BCUT2D eigenvalue weighted by molar-refractivity contribution is 0.246. The van der Waals surface area contributed by atoms with E-state index in [1.165, 1.54) is 11.1 Å². The number of hydrogen-bond donors (Lipinski definition) is 1. The van der Waals surface area contributed by atoms with E-state index in [1.54, 1.807) is 0 Å². The van der Waals surface area contributed by atoms with Crippen molar-refractivity contribution in [1.29, 1.82) is 0 Å². The standard InChI is InChI=1S/C16H16ClNO/c1-11-6-7-15(14(17)8-11)18-10-13-9-12-4-2-3-5-16(12)19-13/h2-8,13,18H,9-10H2,1H3. The van der Waals surface area contributed by atoms with Crippen LogP contribution in [0.1, 0.15) is 11.1 Å². The molecule has 0 aliphatic carbocycles. The number of fused-ring (bicyclic) bond motifs is 1. The van der Waals surface area contributed by atoms with Gasteiger partial charge in [-0.1, -0.05) is 35.9 Å². The highest BCUT2D eigenvalue weighted by Crippen LogP contribution is 2.29. The van der Waals surface area contributed by atoms with E-state index in [9.17, 15) is 0 Å². The minimum atomic E-state index is 0.176. The van der Waals surface area contributed by atoms with E-state index < -0.39 is 0 Å². The fraction of sp³-hybridized carbons (Fsp3) is 0.250. The van der Waals surface area contributed by atoms with Crippen molar-refractivity contribution in [2.24, 2.45) is 0 Å². The minimum absolute atomic E-state index is 0.176. The van der Waals surface area contributed by atoms with Gasteiger partial charge in [0.1, 0.15) is 11.9 Å². The first-order valence-corrected chi connectivity index (χ1v) is 6.85. The maximum absolute atomic E-state index is 6.20. The van der Waals surface area contributed by atoms with Crippen LogP contribution < -0.4 is 10.1 Å². The molecule has 0 saturated carbocycles. The number of halogens is 1. The van der Waals surface area contributed by atoms with Crippen LogP contribution in [0.4, 0.5) is 5.69 Å². The van der Waals surface area contributed by atoms with Crippen molar-refractivity contribution in [3.63, 3.8) is 0 Å². The second-order valence-electron chi connectivity index (χ2n) is 4.92. The van der Waals surface area contributed by atoms with Gasteiger partial charge in [-0.25, -0.2) is 0 Å². The van der Waals surface area contributed by atoms with Crippen LogP contribution in [0.15, 0.2) is 42.5 Å². The third kappa shape index (κ3) is 2.69. The number of benzene rings is 2. The van der Waals surface area contributed by atoms with Crippen LogP contribution >= 0.6 is 11.6 Å². The van der Waals surface area contributed by atoms with Gasteiger partial charge < -0.3 is 10.1 Å². The Kier molecular flexibility index (Phi) is 3.34. The lowest BCUT2D eigenvalue weighted by Crippen LogP contribution is -2.24. The van der Waals surface area contributed by atoms with Crippen LogP contribution in [0.5, 0.6) is 5.75 Å². The summed E-state index contributed by atoms with van der Waals surface area (Å²) in [5.41, 5.74) is 3.41. The number of anilines is 1. The minimum Gasteiger partial charge on any atom is -0.488 e. The van der Waals surface area contributed by atoms with Gasteiger partial charge in [0.2, 0.25) is 0 Å². The molecule has 1 heterocycles.